The van der Waals surface area contributed by atoms with E-state index in [0.717, 1.165) is 5.56 Å². The standard InChI is InChI=1S/C32H45N5O8S/c1-30(2,3)44-27(39)32(33,46)21-35-26(38)20-42-24-16-23(36(18-24)28(40)43-19-22-12-8-7-9-13-22)17-37(25-14-10-11-15-34-25)29(41)45-31(4,5)6/h7-15,23-24,46H,16-21,33H2,1-6H3,(H,35,38)/t23-,24+,32-/m0/s1. The molecular formula is C32H45N5O8S. The van der Waals surface area contributed by atoms with E-state index >= 15 is 0 Å². The molecule has 3 N–H and O–H groups in total. The Labute approximate surface area is 275 Å². The quantitative estimate of drug-likeness (QED) is 0.140. The number of pyridine rings is 1. The molecule has 1 fully saturated rings. The van der Waals surface area contributed by atoms with Crippen molar-refractivity contribution in [2.45, 2.75) is 82.8 Å². The third-order valence-corrected chi connectivity index (χ3v) is 6.85. The lowest BCUT2D eigenvalue weighted by Gasteiger charge is -2.31. The molecule has 3 amide bonds. The molecule has 0 saturated carbocycles. The average molecular weight is 660 g/mol. The second-order valence-corrected chi connectivity index (χ2v) is 13.8. The van der Waals surface area contributed by atoms with Gasteiger partial charge in [0, 0.05) is 6.20 Å². The molecule has 0 aliphatic carbocycles. The van der Waals surface area contributed by atoms with Crippen LogP contribution in [0.3, 0.4) is 0 Å². The number of benzene rings is 1. The van der Waals surface area contributed by atoms with E-state index in [-0.39, 0.29) is 39.3 Å². The van der Waals surface area contributed by atoms with Gasteiger partial charge in [0.2, 0.25) is 5.91 Å². The highest BCUT2D eigenvalue weighted by Gasteiger charge is 2.40. The molecule has 1 aromatic carbocycles. The first-order chi connectivity index (χ1) is 21.4. The van der Waals surface area contributed by atoms with Gasteiger partial charge in [0.25, 0.3) is 0 Å². The van der Waals surface area contributed by atoms with Gasteiger partial charge in [-0.15, -0.1) is 12.6 Å². The van der Waals surface area contributed by atoms with E-state index in [4.69, 9.17) is 24.7 Å². The predicted molar refractivity (Wildman–Crippen MR) is 174 cm³/mol. The van der Waals surface area contributed by atoms with Crippen molar-refractivity contribution in [2.24, 2.45) is 5.73 Å². The molecule has 46 heavy (non-hydrogen) atoms. The molecule has 0 unspecified atom stereocenters. The van der Waals surface area contributed by atoms with Crippen molar-refractivity contribution in [3.8, 4) is 0 Å². The van der Waals surface area contributed by atoms with Crippen molar-refractivity contribution in [1.29, 1.82) is 0 Å². The molecule has 13 nitrogen and oxygen atoms in total. The van der Waals surface area contributed by atoms with Gasteiger partial charge in [-0.1, -0.05) is 36.4 Å². The number of carbonyl (C=O) groups is 4. The van der Waals surface area contributed by atoms with Gasteiger partial charge in [0.1, 0.15) is 30.2 Å². The number of hydrogen-bond donors (Lipinski definition) is 3. The fraction of sp³-hybridized carbons (Fsp3) is 0.531. The highest BCUT2D eigenvalue weighted by molar-refractivity contribution is 7.82. The molecule has 252 valence electrons. The molecule has 2 aromatic rings. The van der Waals surface area contributed by atoms with Crippen LogP contribution in [-0.2, 0) is 35.1 Å². The number of amides is 3. The molecule has 0 bridgehead atoms. The number of carbonyl (C=O) groups excluding carboxylic acids is 4. The molecule has 3 atom stereocenters. The first kappa shape index (κ1) is 36.6. The van der Waals surface area contributed by atoms with Gasteiger partial charge in [-0.3, -0.25) is 9.69 Å². The maximum Gasteiger partial charge on any atom is 0.416 e. The smallest absolute Gasteiger partial charge is 0.416 e. The Morgan fingerprint density at radius 2 is 1.65 bits per heavy atom. The van der Waals surface area contributed by atoms with Crippen LogP contribution >= 0.6 is 12.6 Å². The maximum absolute atomic E-state index is 13.4. The Morgan fingerprint density at radius 1 is 1.00 bits per heavy atom. The SMILES string of the molecule is CC(C)(C)OC(=O)N(C[C@@H]1C[C@@H](OCC(=O)NC[C@](N)(S)C(=O)OC(C)(C)C)CN1C(=O)OCc1ccccc1)c1ccccn1. The molecule has 1 aliphatic rings. The number of thiol groups is 1. The van der Waals surface area contributed by atoms with Crippen LogP contribution in [0.2, 0.25) is 0 Å². The third kappa shape index (κ3) is 11.8. The Bertz CT molecular complexity index is 1330. The highest BCUT2D eigenvalue weighted by Crippen LogP contribution is 2.26. The molecule has 14 heteroatoms. The van der Waals surface area contributed by atoms with Crippen LogP contribution in [0.25, 0.3) is 0 Å². The number of anilines is 1. The van der Waals surface area contributed by atoms with Crippen LogP contribution in [0, 0.1) is 0 Å². The summed E-state index contributed by atoms with van der Waals surface area (Å²) in [5.41, 5.74) is 5.22. The first-order valence-corrected chi connectivity index (χ1v) is 15.4. The Kier molecular flexibility index (Phi) is 12.4. The van der Waals surface area contributed by atoms with Crippen LogP contribution in [0.1, 0.15) is 53.5 Å². The largest absolute Gasteiger partial charge is 0.458 e. The number of ether oxygens (including phenoxy) is 4. The number of aromatic nitrogens is 1. The van der Waals surface area contributed by atoms with Crippen LogP contribution < -0.4 is 16.0 Å². The summed E-state index contributed by atoms with van der Waals surface area (Å²) in [6, 6.07) is 13.8. The molecular weight excluding hydrogens is 614 g/mol. The lowest BCUT2D eigenvalue weighted by Crippen LogP contribution is -2.54. The molecule has 1 saturated heterocycles. The van der Waals surface area contributed by atoms with E-state index in [1.54, 1.807) is 65.9 Å². The Morgan fingerprint density at radius 3 is 2.26 bits per heavy atom. The molecule has 1 aromatic heterocycles. The van der Waals surface area contributed by atoms with Gasteiger partial charge in [0.05, 0.1) is 31.8 Å². The number of rotatable bonds is 11. The van der Waals surface area contributed by atoms with Crippen LogP contribution in [-0.4, -0.2) is 88.4 Å². The number of nitrogens with two attached hydrogens (primary N) is 1. The minimum absolute atomic E-state index is 0.0314. The summed E-state index contributed by atoms with van der Waals surface area (Å²) in [4.78, 5) is 57.1. The van der Waals surface area contributed by atoms with E-state index in [1.807, 2.05) is 30.3 Å². The minimum Gasteiger partial charge on any atom is -0.458 e. The van der Waals surface area contributed by atoms with Crippen LogP contribution in [0.4, 0.5) is 15.4 Å². The normalized spacial score (nSPS) is 17.9. The van der Waals surface area contributed by atoms with Crippen LogP contribution in [0.15, 0.2) is 54.7 Å². The summed E-state index contributed by atoms with van der Waals surface area (Å²) in [5, 5.41) is 2.54. The fourth-order valence-electron chi connectivity index (χ4n) is 4.41. The third-order valence-electron chi connectivity index (χ3n) is 6.51. The second-order valence-electron chi connectivity index (χ2n) is 13.0. The molecule has 2 heterocycles. The lowest BCUT2D eigenvalue weighted by molar-refractivity contribution is -0.157. The Hall–Kier alpha value is -3.88. The minimum atomic E-state index is -1.75. The molecule has 3 rings (SSSR count). The number of nitrogens with zero attached hydrogens (tertiary/aromatic N) is 3. The van der Waals surface area contributed by atoms with E-state index in [2.05, 4.69) is 22.9 Å². The van der Waals surface area contributed by atoms with Gasteiger partial charge in [-0.25, -0.2) is 19.4 Å². The summed E-state index contributed by atoms with van der Waals surface area (Å²) < 4.78 is 22.4. The average Bonchev–Trinajstić information content (AvgIpc) is 3.38. The topological polar surface area (TPSA) is 163 Å². The van der Waals surface area contributed by atoms with Gasteiger partial charge in [0.15, 0.2) is 4.87 Å². The first-order valence-electron chi connectivity index (χ1n) is 15.0. The molecule has 1 aliphatic heterocycles. The molecule has 0 spiro atoms. The van der Waals surface area contributed by atoms with Crippen molar-refractivity contribution in [1.82, 2.24) is 15.2 Å². The molecule has 0 radical (unpaired) electrons. The fourth-order valence-corrected chi connectivity index (χ4v) is 4.54. The summed E-state index contributed by atoms with van der Waals surface area (Å²) in [6.07, 6.45) is 0.0327. The zero-order valence-corrected chi connectivity index (χ0v) is 28.1. The number of likely N-dealkylation sites (tertiary alicyclic amines) is 1. The van der Waals surface area contributed by atoms with E-state index in [9.17, 15) is 19.2 Å². The van der Waals surface area contributed by atoms with Crippen molar-refractivity contribution in [3.05, 3.63) is 60.3 Å². The second kappa shape index (κ2) is 15.6. The Balaban J connectivity index is 1.71. The van der Waals surface area contributed by atoms with Gasteiger partial charge in [-0.2, -0.15) is 0 Å². The van der Waals surface area contributed by atoms with Crippen molar-refractivity contribution in [2.75, 3.05) is 31.1 Å². The van der Waals surface area contributed by atoms with Crippen molar-refractivity contribution in [3.63, 3.8) is 0 Å². The van der Waals surface area contributed by atoms with E-state index < -0.39 is 52.3 Å². The van der Waals surface area contributed by atoms with Gasteiger partial charge in [-0.05, 0) is 65.7 Å². The van der Waals surface area contributed by atoms with Crippen molar-refractivity contribution < 1.29 is 38.1 Å². The zero-order valence-electron chi connectivity index (χ0n) is 27.2. The summed E-state index contributed by atoms with van der Waals surface area (Å²) in [7, 11) is 0. The van der Waals surface area contributed by atoms with Gasteiger partial charge >= 0.3 is 18.2 Å². The summed E-state index contributed by atoms with van der Waals surface area (Å²) in [6.45, 7) is 9.87. The highest BCUT2D eigenvalue weighted by atomic mass is 32.1. The number of nitrogens with one attached hydrogen (secondary N) is 1. The number of hydrogen-bond acceptors (Lipinski definition) is 11. The van der Waals surface area contributed by atoms with Gasteiger partial charge < -0.3 is 34.9 Å². The summed E-state index contributed by atoms with van der Waals surface area (Å²) in [5.74, 6) is -0.978. The zero-order chi connectivity index (χ0) is 34.1. The van der Waals surface area contributed by atoms with E-state index in [1.165, 1.54) is 9.80 Å². The lowest BCUT2D eigenvalue weighted by atomic mass is 10.2. The van der Waals surface area contributed by atoms with E-state index in [0.29, 0.717) is 5.82 Å². The predicted octanol–water partition coefficient (Wildman–Crippen LogP) is 3.66. The van der Waals surface area contributed by atoms with Crippen LogP contribution in [0.5, 0.6) is 0 Å². The van der Waals surface area contributed by atoms with Crippen molar-refractivity contribution >= 4 is 42.5 Å². The summed E-state index contributed by atoms with van der Waals surface area (Å²) >= 11 is 4.16. The monoisotopic (exact) mass is 659 g/mol. The maximum atomic E-state index is 13.4. The number of esters is 1.